The zero-order valence-corrected chi connectivity index (χ0v) is 16.2. The lowest BCUT2D eigenvalue weighted by Crippen LogP contribution is -1.81. The zero-order chi connectivity index (χ0) is 15.4. The first-order valence-electron chi connectivity index (χ1n) is 6.94. The Balaban J connectivity index is 0.00000146. The van der Waals surface area contributed by atoms with Gasteiger partial charge < -0.3 is 4.98 Å². The van der Waals surface area contributed by atoms with Crippen LogP contribution in [0.4, 0.5) is 0 Å². The van der Waals surface area contributed by atoms with Gasteiger partial charge in [-0.2, -0.15) is 16.4 Å². The second kappa shape index (κ2) is 6.00. The first-order valence-corrected chi connectivity index (χ1v) is 9.07. The molecule has 5 rings (SSSR count). The van der Waals surface area contributed by atoms with E-state index in [1.807, 2.05) is 35.1 Å². The number of aromatic amines is 1. The standard InChI is InChI=1S/C16H9ClN4S2.BrH/c17-10-1-2-13-11(5-10)12(6-18-13)15-20-21-7-14(19-16(21)23-15)9-3-4-22-8-9;/h1-8,18H;1H. The topological polar surface area (TPSA) is 46.0 Å². The number of imidazole rings is 1. The maximum absolute atomic E-state index is 6.12. The summed E-state index contributed by atoms with van der Waals surface area (Å²) in [7, 11) is 0. The molecule has 0 aliphatic heterocycles. The molecule has 0 aliphatic carbocycles. The molecular weight excluding hydrogens is 428 g/mol. The summed E-state index contributed by atoms with van der Waals surface area (Å²) in [6, 6.07) is 7.89. The van der Waals surface area contributed by atoms with Crippen LogP contribution < -0.4 is 0 Å². The summed E-state index contributed by atoms with van der Waals surface area (Å²) in [5.41, 5.74) is 4.19. The predicted molar refractivity (Wildman–Crippen MR) is 107 cm³/mol. The first kappa shape index (κ1) is 15.8. The molecule has 24 heavy (non-hydrogen) atoms. The second-order valence-corrected chi connectivity index (χ2v) is 7.34. The number of H-pyrrole nitrogens is 1. The fourth-order valence-electron chi connectivity index (χ4n) is 2.63. The lowest BCUT2D eigenvalue weighted by Gasteiger charge is -1.94. The highest BCUT2D eigenvalue weighted by molar-refractivity contribution is 8.93. The van der Waals surface area contributed by atoms with Gasteiger partial charge in [0.1, 0.15) is 5.01 Å². The van der Waals surface area contributed by atoms with Crippen LogP contribution in [0.15, 0.2) is 47.4 Å². The van der Waals surface area contributed by atoms with E-state index in [1.54, 1.807) is 22.7 Å². The Hall–Kier alpha value is -1.67. The van der Waals surface area contributed by atoms with Gasteiger partial charge in [-0.15, -0.1) is 17.0 Å². The molecule has 0 amide bonds. The SMILES string of the molecule is Br.Clc1ccc2[nH]cc(-c3nn4cc(-c5ccsc5)nc4s3)c2c1. The van der Waals surface area contributed by atoms with E-state index in [2.05, 4.69) is 31.9 Å². The fraction of sp³-hybridized carbons (Fsp3) is 0. The van der Waals surface area contributed by atoms with Crippen molar-refractivity contribution in [2.45, 2.75) is 0 Å². The molecule has 4 aromatic heterocycles. The quantitative estimate of drug-likeness (QED) is 0.374. The second-order valence-electron chi connectivity index (χ2n) is 5.16. The van der Waals surface area contributed by atoms with Crippen molar-refractivity contribution in [3.63, 3.8) is 0 Å². The Kier molecular flexibility index (Phi) is 3.96. The van der Waals surface area contributed by atoms with E-state index in [1.165, 1.54) is 0 Å². The maximum atomic E-state index is 6.12. The molecule has 0 unspecified atom stereocenters. The van der Waals surface area contributed by atoms with Crippen molar-refractivity contribution in [3.05, 3.63) is 52.4 Å². The highest BCUT2D eigenvalue weighted by Crippen LogP contribution is 2.34. The molecule has 0 aliphatic rings. The lowest BCUT2D eigenvalue weighted by molar-refractivity contribution is 0.979. The van der Waals surface area contributed by atoms with Crippen molar-refractivity contribution in [2.75, 3.05) is 0 Å². The normalized spacial score (nSPS) is 11.2. The summed E-state index contributed by atoms with van der Waals surface area (Å²) >= 11 is 9.37. The van der Waals surface area contributed by atoms with Crippen LogP contribution in [0.1, 0.15) is 0 Å². The van der Waals surface area contributed by atoms with Gasteiger partial charge in [0.05, 0.1) is 11.9 Å². The summed E-state index contributed by atoms with van der Waals surface area (Å²) in [6.45, 7) is 0. The average molecular weight is 438 g/mol. The summed E-state index contributed by atoms with van der Waals surface area (Å²) in [5, 5.41) is 11.6. The number of nitrogens with zero attached hydrogens (tertiary/aromatic N) is 3. The third-order valence-corrected chi connectivity index (χ3v) is 5.61. The zero-order valence-electron chi connectivity index (χ0n) is 12.1. The number of hydrogen-bond acceptors (Lipinski definition) is 4. The third kappa shape index (κ3) is 2.48. The monoisotopic (exact) mass is 436 g/mol. The van der Waals surface area contributed by atoms with Gasteiger partial charge >= 0.3 is 0 Å². The predicted octanol–water partition coefficient (Wildman–Crippen LogP) is 5.90. The Morgan fingerprint density at radius 1 is 1.21 bits per heavy atom. The number of fused-ring (bicyclic) bond motifs is 2. The number of thiophene rings is 1. The van der Waals surface area contributed by atoms with Crippen molar-refractivity contribution in [3.8, 4) is 21.8 Å². The van der Waals surface area contributed by atoms with Gasteiger partial charge in [0.15, 0.2) is 0 Å². The molecule has 5 aromatic rings. The van der Waals surface area contributed by atoms with Crippen LogP contribution in [0.5, 0.6) is 0 Å². The molecule has 1 aromatic carbocycles. The van der Waals surface area contributed by atoms with Gasteiger partial charge in [0.25, 0.3) is 0 Å². The van der Waals surface area contributed by atoms with Crippen molar-refractivity contribution in [2.24, 2.45) is 0 Å². The van der Waals surface area contributed by atoms with Crippen LogP contribution in [0.25, 0.3) is 37.7 Å². The Morgan fingerprint density at radius 3 is 2.92 bits per heavy atom. The van der Waals surface area contributed by atoms with Gasteiger partial charge in [-0.25, -0.2) is 9.50 Å². The van der Waals surface area contributed by atoms with E-state index >= 15 is 0 Å². The van der Waals surface area contributed by atoms with Crippen LogP contribution in [-0.2, 0) is 0 Å². The molecule has 0 saturated carbocycles. The minimum atomic E-state index is 0. The molecule has 8 heteroatoms. The van der Waals surface area contributed by atoms with Crippen LogP contribution in [0, 0.1) is 0 Å². The van der Waals surface area contributed by atoms with E-state index in [-0.39, 0.29) is 17.0 Å². The molecule has 4 heterocycles. The summed E-state index contributed by atoms with van der Waals surface area (Å²) in [5.74, 6) is 0. The van der Waals surface area contributed by atoms with Crippen LogP contribution in [-0.4, -0.2) is 19.6 Å². The van der Waals surface area contributed by atoms with Crippen molar-refractivity contribution < 1.29 is 0 Å². The van der Waals surface area contributed by atoms with Gasteiger partial charge in [0, 0.05) is 38.6 Å². The highest BCUT2D eigenvalue weighted by Gasteiger charge is 2.14. The largest absolute Gasteiger partial charge is 0.360 e. The number of aromatic nitrogens is 4. The van der Waals surface area contributed by atoms with Gasteiger partial charge in [-0.05, 0) is 29.6 Å². The van der Waals surface area contributed by atoms with E-state index < -0.39 is 0 Å². The lowest BCUT2D eigenvalue weighted by atomic mass is 10.2. The van der Waals surface area contributed by atoms with E-state index in [0.717, 1.165) is 42.7 Å². The highest BCUT2D eigenvalue weighted by atomic mass is 79.9. The molecule has 1 N–H and O–H groups in total. The number of rotatable bonds is 2. The first-order chi connectivity index (χ1) is 11.3. The number of hydrogen-bond donors (Lipinski definition) is 1. The average Bonchev–Trinajstić information content (AvgIpc) is 3.28. The summed E-state index contributed by atoms with van der Waals surface area (Å²) in [6.07, 6.45) is 3.94. The van der Waals surface area contributed by atoms with Crippen molar-refractivity contribution in [1.82, 2.24) is 19.6 Å². The van der Waals surface area contributed by atoms with Crippen molar-refractivity contribution >= 4 is 67.1 Å². The molecule has 0 saturated heterocycles. The number of benzene rings is 1. The van der Waals surface area contributed by atoms with E-state index in [9.17, 15) is 0 Å². The summed E-state index contributed by atoms with van der Waals surface area (Å²) in [4.78, 5) is 8.82. The van der Waals surface area contributed by atoms with Gasteiger partial charge in [-0.1, -0.05) is 22.9 Å². The minimum Gasteiger partial charge on any atom is -0.360 e. The fourth-order valence-corrected chi connectivity index (χ4v) is 4.36. The molecule has 0 atom stereocenters. The molecule has 4 nitrogen and oxygen atoms in total. The maximum Gasteiger partial charge on any atom is 0.213 e. The van der Waals surface area contributed by atoms with Crippen LogP contribution in [0.3, 0.4) is 0 Å². The third-order valence-electron chi connectivity index (χ3n) is 3.73. The molecule has 0 fully saturated rings. The minimum absolute atomic E-state index is 0. The van der Waals surface area contributed by atoms with Crippen LogP contribution in [0.2, 0.25) is 5.02 Å². The van der Waals surface area contributed by atoms with Crippen molar-refractivity contribution in [1.29, 1.82) is 0 Å². The Bertz CT molecular complexity index is 1110. The van der Waals surface area contributed by atoms with Gasteiger partial charge in [-0.3, -0.25) is 0 Å². The van der Waals surface area contributed by atoms with Crippen LogP contribution >= 0.6 is 51.3 Å². The molecule has 120 valence electrons. The number of halogens is 2. The van der Waals surface area contributed by atoms with Gasteiger partial charge in [0.2, 0.25) is 4.96 Å². The van der Waals surface area contributed by atoms with E-state index in [4.69, 9.17) is 11.6 Å². The molecular formula is C16H10BrClN4S2. The summed E-state index contributed by atoms with van der Waals surface area (Å²) < 4.78 is 1.84. The molecule has 0 radical (unpaired) electrons. The smallest absolute Gasteiger partial charge is 0.213 e. The van der Waals surface area contributed by atoms with E-state index in [0.29, 0.717) is 0 Å². The molecule has 0 bridgehead atoms. The Labute approximate surface area is 160 Å². The molecule has 0 spiro atoms. The Morgan fingerprint density at radius 2 is 2.12 bits per heavy atom. The number of nitrogens with one attached hydrogen (secondary N) is 1.